The van der Waals surface area contributed by atoms with Crippen LogP contribution in [-0.4, -0.2) is 70.4 Å². The second-order valence-corrected chi connectivity index (χ2v) is 8.23. The van der Waals surface area contributed by atoms with Crippen LogP contribution in [0.1, 0.15) is 24.2 Å². The van der Waals surface area contributed by atoms with Crippen LogP contribution < -0.4 is 23.8 Å². The fourth-order valence-corrected chi connectivity index (χ4v) is 4.55. The van der Waals surface area contributed by atoms with Crippen molar-refractivity contribution < 1.29 is 23.7 Å². The van der Waals surface area contributed by atoms with Gasteiger partial charge in [-0.05, 0) is 31.3 Å². The summed E-state index contributed by atoms with van der Waals surface area (Å²) in [7, 11) is 6.31. The minimum atomic E-state index is -0.152. The predicted octanol–water partition coefficient (Wildman–Crippen LogP) is 4.32. The average molecular weight is 474 g/mol. The zero-order valence-electron chi connectivity index (χ0n) is 20.0. The average Bonchev–Trinajstić information content (AvgIpc) is 3.27. The van der Waals surface area contributed by atoms with Crippen molar-refractivity contribution in [3.05, 3.63) is 35.9 Å². The van der Waals surface area contributed by atoms with E-state index in [9.17, 15) is 4.79 Å². The Morgan fingerprint density at radius 3 is 2.06 bits per heavy atom. The minimum absolute atomic E-state index is 0.152. The molecule has 8 nitrogen and oxygen atoms in total. The van der Waals surface area contributed by atoms with Gasteiger partial charge in [-0.25, -0.2) is 4.98 Å². The molecule has 0 saturated heterocycles. The van der Waals surface area contributed by atoms with Crippen molar-refractivity contribution in [2.75, 3.05) is 59.5 Å². The van der Waals surface area contributed by atoms with Gasteiger partial charge in [0.05, 0.1) is 38.7 Å². The second-order valence-electron chi connectivity index (χ2n) is 7.22. The number of carbonyl (C=O) groups is 1. The van der Waals surface area contributed by atoms with E-state index in [0.29, 0.717) is 40.2 Å². The summed E-state index contributed by atoms with van der Waals surface area (Å²) in [5.74, 6) is 2.15. The van der Waals surface area contributed by atoms with Gasteiger partial charge in [0.1, 0.15) is 0 Å². The fourth-order valence-electron chi connectivity index (χ4n) is 3.55. The van der Waals surface area contributed by atoms with Crippen molar-refractivity contribution in [1.82, 2.24) is 9.88 Å². The molecule has 0 spiro atoms. The van der Waals surface area contributed by atoms with E-state index in [1.165, 1.54) is 11.3 Å². The zero-order chi connectivity index (χ0) is 24.0. The first-order chi connectivity index (χ1) is 16.0. The van der Waals surface area contributed by atoms with Crippen LogP contribution in [0.25, 0.3) is 10.2 Å². The Kier molecular flexibility index (Phi) is 8.35. The smallest absolute Gasteiger partial charge is 0.260 e. The maximum Gasteiger partial charge on any atom is 0.260 e. The van der Waals surface area contributed by atoms with Crippen LogP contribution in [0, 0.1) is 0 Å². The van der Waals surface area contributed by atoms with E-state index >= 15 is 0 Å². The Labute approximate surface area is 198 Å². The Morgan fingerprint density at radius 1 is 0.848 bits per heavy atom. The molecule has 0 bridgehead atoms. The van der Waals surface area contributed by atoms with Gasteiger partial charge in [-0.15, -0.1) is 0 Å². The molecule has 1 heterocycles. The summed E-state index contributed by atoms with van der Waals surface area (Å²) in [6, 6.07) is 8.90. The van der Waals surface area contributed by atoms with Crippen LogP contribution in [0.2, 0.25) is 0 Å². The monoisotopic (exact) mass is 473 g/mol. The first kappa shape index (κ1) is 24.6. The number of benzene rings is 2. The van der Waals surface area contributed by atoms with Crippen LogP contribution in [0.15, 0.2) is 30.3 Å². The van der Waals surface area contributed by atoms with Crippen LogP contribution >= 0.6 is 11.3 Å². The number of amides is 1. The first-order valence-electron chi connectivity index (χ1n) is 10.8. The van der Waals surface area contributed by atoms with Gasteiger partial charge in [0.25, 0.3) is 5.91 Å². The van der Waals surface area contributed by atoms with Gasteiger partial charge in [-0.3, -0.25) is 9.69 Å². The lowest BCUT2D eigenvalue weighted by Crippen LogP contribution is -2.38. The molecule has 2 aromatic carbocycles. The highest BCUT2D eigenvalue weighted by Crippen LogP contribution is 2.38. The van der Waals surface area contributed by atoms with Crippen LogP contribution in [0.3, 0.4) is 0 Å². The number of hydrogen-bond acceptors (Lipinski definition) is 8. The fraction of sp³-hybridized carbons (Fsp3) is 0.417. The van der Waals surface area contributed by atoms with Crippen molar-refractivity contribution in [3.63, 3.8) is 0 Å². The molecule has 33 heavy (non-hydrogen) atoms. The van der Waals surface area contributed by atoms with Gasteiger partial charge < -0.3 is 23.8 Å². The molecule has 0 aliphatic carbocycles. The SMILES string of the molecule is CCN(CC)CCN(C(=O)c1ccc(OC)c(OC)c1)c1nc2cc(OC)c(OC)cc2s1. The number of ether oxygens (including phenoxy) is 4. The maximum absolute atomic E-state index is 13.7. The normalized spacial score (nSPS) is 11.0. The van der Waals surface area contributed by atoms with Crippen molar-refractivity contribution in [1.29, 1.82) is 0 Å². The quantitative estimate of drug-likeness (QED) is 0.411. The Balaban J connectivity index is 2.03. The van der Waals surface area contributed by atoms with Gasteiger partial charge in [0.2, 0.25) is 0 Å². The number of thiazole rings is 1. The molecular formula is C24H31N3O5S. The predicted molar refractivity (Wildman–Crippen MR) is 132 cm³/mol. The molecule has 1 aromatic heterocycles. The zero-order valence-corrected chi connectivity index (χ0v) is 20.8. The van der Waals surface area contributed by atoms with E-state index in [-0.39, 0.29) is 5.91 Å². The van der Waals surface area contributed by atoms with Gasteiger partial charge >= 0.3 is 0 Å². The molecule has 3 aromatic rings. The summed E-state index contributed by atoms with van der Waals surface area (Å²) in [5, 5.41) is 0.618. The summed E-state index contributed by atoms with van der Waals surface area (Å²) < 4.78 is 22.5. The van der Waals surface area contributed by atoms with Crippen molar-refractivity contribution in [3.8, 4) is 23.0 Å². The number of methoxy groups -OCH3 is 4. The van der Waals surface area contributed by atoms with Gasteiger partial charge in [-0.2, -0.15) is 0 Å². The van der Waals surface area contributed by atoms with E-state index < -0.39 is 0 Å². The number of fused-ring (bicyclic) bond motifs is 1. The lowest BCUT2D eigenvalue weighted by atomic mass is 10.1. The van der Waals surface area contributed by atoms with E-state index in [2.05, 4.69) is 18.7 Å². The molecule has 0 aliphatic rings. The number of carbonyl (C=O) groups excluding carboxylic acids is 1. The summed E-state index contributed by atoms with van der Waals surface area (Å²) >= 11 is 1.45. The molecule has 9 heteroatoms. The highest BCUT2D eigenvalue weighted by molar-refractivity contribution is 7.22. The molecule has 0 N–H and O–H groups in total. The molecule has 3 rings (SSSR count). The molecule has 0 aliphatic heterocycles. The molecule has 0 radical (unpaired) electrons. The number of likely N-dealkylation sites (N-methyl/N-ethyl adjacent to an activating group) is 1. The van der Waals surface area contributed by atoms with Crippen molar-refractivity contribution in [2.24, 2.45) is 0 Å². The standard InChI is InChI=1S/C24H31N3O5S/c1-7-26(8-2)11-12-27(23(28)16-9-10-18(29-3)19(13-16)30-4)24-25-17-14-20(31-5)21(32-6)15-22(17)33-24/h9-10,13-15H,7-8,11-12H2,1-6H3. The molecular weight excluding hydrogens is 442 g/mol. The van der Waals surface area contributed by atoms with Gasteiger partial charge in [-0.1, -0.05) is 25.2 Å². The third-order valence-electron chi connectivity index (χ3n) is 5.52. The minimum Gasteiger partial charge on any atom is -0.493 e. The summed E-state index contributed by atoms with van der Waals surface area (Å²) in [6.07, 6.45) is 0. The molecule has 0 saturated carbocycles. The van der Waals surface area contributed by atoms with Crippen LogP contribution in [0.5, 0.6) is 23.0 Å². The number of nitrogens with zero attached hydrogens (tertiary/aromatic N) is 3. The van der Waals surface area contributed by atoms with Gasteiger partial charge in [0, 0.05) is 30.8 Å². The lowest BCUT2D eigenvalue weighted by molar-refractivity contribution is 0.0983. The van der Waals surface area contributed by atoms with E-state index in [1.54, 1.807) is 51.5 Å². The van der Waals surface area contributed by atoms with Gasteiger partial charge in [0.15, 0.2) is 28.1 Å². The van der Waals surface area contributed by atoms with Crippen molar-refractivity contribution >= 4 is 32.6 Å². The third kappa shape index (κ3) is 5.31. The summed E-state index contributed by atoms with van der Waals surface area (Å²) in [5.41, 5.74) is 1.25. The lowest BCUT2D eigenvalue weighted by Gasteiger charge is -2.25. The van der Waals surface area contributed by atoms with E-state index in [4.69, 9.17) is 23.9 Å². The van der Waals surface area contributed by atoms with Crippen LogP contribution in [0.4, 0.5) is 5.13 Å². The Morgan fingerprint density at radius 2 is 1.45 bits per heavy atom. The number of rotatable bonds is 11. The highest BCUT2D eigenvalue weighted by atomic mass is 32.1. The molecule has 178 valence electrons. The summed E-state index contributed by atoms with van der Waals surface area (Å²) in [6.45, 7) is 7.27. The highest BCUT2D eigenvalue weighted by Gasteiger charge is 2.24. The molecule has 0 unspecified atom stereocenters. The topological polar surface area (TPSA) is 73.4 Å². The van der Waals surface area contributed by atoms with E-state index in [1.807, 2.05) is 12.1 Å². The van der Waals surface area contributed by atoms with Crippen LogP contribution in [-0.2, 0) is 0 Å². The Bertz CT molecular complexity index is 1060. The molecule has 0 atom stereocenters. The number of aromatic nitrogens is 1. The van der Waals surface area contributed by atoms with E-state index in [0.717, 1.165) is 29.9 Å². The maximum atomic E-state index is 13.7. The van der Waals surface area contributed by atoms with Crippen molar-refractivity contribution in [2.45, 2.75) is 13.8 Å². The largest absolute Gasteiger partial charge is 0.493 e. The number of anilines is 1. The first-order valence-corrected chi connectivity index (χ1v) is 11.6. The molecule has 1 amide bonds. The number of hydrogen-bond donors (Lipinski definition) is 0. The Hall–Kier alpha value is -3.04. The second kappa shape index (κ2) is 11.2. The molecule has 0 fully saturated rings. The third-order valence-corrected chi connectivity index (χ3v) is 6.56. The summed E-state index contributed by atoms with van der Waals surface area (Å²) in [4.78, 5) is 22.4.